The van der Waals surface area contributed by atoms with Crippen molar-refractivity contribution < 1.29 is 14.7 Å². The Morgan fingerprint density at radius 1 is 1.40 bits per heavy atom. The molecule has 0 bridgehead atoms. The van der Waals surface area contributed by atoms with Crippen LogP contribution in [0.2, 0.25) is 0 Å². The molecule has 6 heteroatoms. The van der Waals surface area contributed by atoms with Crippen LogP contribution in [0.25, 0.3) is 0 Å². The van der Waals surface area contributed by atoms with Gasteiger partial charge in [-0.25, -0.2) is 4.79 Å². The fourth-order valence-corrected chi connectivity index (χ4v) is 2.72. The van der Waals surface area contributed by atoms with Gasteiger partial charge in [0, 0.05) is 31.6 Å². The molecular weight excluding hydrogens is 258 g/mol. The van der Waals surface area contributed by atoms with Crippen molar-refractivity contribution in [3.8, 4) is 0 Å². The largest absolute Gasteiger partial charge is 0.481 e. The lowest BCUT2D eigenvalue weighted by Crippen LogP contribution is -2.44. The first-order valence-corrected chi connectivity index (χ1v) is 7.25. The van der Waals surface area contributed by atoms with Crippen LogP contribution < -0.4 is 5.32 Å². The number of likely N-dealkylation sites (N-methyl/N-ethyl adjacent to an activating group) is 1. The summed E-state index contributed by atoms with van der Waals surface area (Å²) in [5.74, 6) is -0.316. The van der Waals surface area contributed by atoms with Crippen LogP contribution in [0.1, 0.15) is 33.1 Å². The molecule has 1 rings (SSSR count). The summed E-state index contributed by atoms with van der Waals surface area (Å²) in [6, 6.07) is 0.377. The summed E-state index contributed by atoms with van der Waals surface area (Å²) < 4.78 is 0. The monoisotopic (exact) mass is 285 g/mol. The second kappa shape index (κ2) is 7.47. The first-order valence-electron chi connectivity index (χ1n) is 7.25. The number of aliphatic carboxylic acids is 1. The van der Waals surface area contributed by atoms with Crippen LogP contribution in [0.3, 0.4) is 0 Å². The van der Waals surface area contributed by atoms with E-state index in [9.17, 15) is 9.59 Å². The minimum atomic E-state index is -0.786. The number of carboxylic acids is 1. The van der Waals surface area contributed by atoms with Crippen molar-refractivity contribution in [2.24, 2.45) is 5.92 Å². The lowest BCUT2D eigenvalue weighted by Gasteiger charge is -2.23. The van der Waals surface area contributed by atoms with Gasteiger partial charge < -0.3 is 20.2 Å². The van der Waals surface area contributed by atoms with Gasteiger partial charge >= 0.3 is 12.0 Å². The topological polar surface area (TPSA) is 72.9 Å². The molecular formula is C14H27N3O3. The third kappa shape index (κ3) is 5.00. The van der Waals surface area contributed by atoms with Crippen LogP contribution in [-0.2, 0) is 4.79 Å². The van der Waals surface area contributed by atoms with Gasteiger partial charge in [0.25, 0.3) is 0 Å². The molecule has 20 heavy (non-hydrogen) atoms. The summed E-state index contributed by atoms with van der Waals surface area (Å²) in [6.45, 7) is 5.61. The summed E-state index contributed by atoms with van der Waals surface area (Å²) in [7, 11) is 4.08. The highest BCUT2D eigenvalue weighted by Gasteiger charge is 2.33. The Hall–Kier alpha value is -1.30. The van der Waals surface area contributed by atoms with Crippen molar-refractivity contribution in [3.63, 3.8) is 0 Å². The lowest BCUT2D eigenvalue weighted by atomic mass is 10.1. The molecule has 1 fully saturated rings. The maximum absolute atomic E-state index is 12.1. The van der Waals surface area contributed by atoms with Crippen molar-refractivity contribution in [1.29, 1.82) is 0 Å². The molecule has 0 aromatic rings. The van der Waals surface area contributed by atoms with E-state index in [4.69, 9.17) is 5.11 Å². The van der Waals surface area contributed by atoms with Crippen LogP contribution in [0.5, 0.6) is 0 Å². The van der Waals surface area contributed by atoms with Crippen LogP contribution in [-0.4, -0.2) is 66.2 Å². The van der Waals surface area contributed by atoms with E-state index < -0.39 is 5.97 Å². The minimum Gasteiger partial charge on any atom is -0.481 e. The molecule has 0 spiro atoms. The van der Waals surface area contributed by atoms with E-state index in [2.05, 4.69) is 17.1 Å². The molecule has 1 heterocycles. The molecule has 2 amide bonds. The maximum atomic E-state index is 12.1. The molecule has 3 atom stereocenters. The van der Waals surface area contributed by atoms with Gasteiger partial charge in [-0.15, -0.1) is 0 Å². The Labute approximate surface area is 121 Å². The van der Waals surface area contributed by atoms with Gasteiger partial charge in [0.2, 0.25) is 0 Å². The standard InChI is InChI=1S/C14H27N3O3/c1-10-8-17(9-12(10)16(3)4)14(20)15-11(2)6-5-7-13(18)19/h10-12H,5-9H2,1-4H3,(H,15,20)(H,18,19). The fourth-order valence-electron chi connectivity index (χ4n) is 2.72. The fraction of sp³-hybridized carbons (Fsp3) is 0.857. The highest BCUT2D eigenvalue weighted by Crippen LogP contribution is 2.20. The predicted octanol–water partition coefficient (Wildman–Crippen LogP) is 1.22. The van der Waals surface area contributed by atoms with Crippen LogP contribution >= 0.6 is 0 Å². The molecule has 0 radical (unpaired) electrons. The summed E-state index contributed by atoms with van der Waals surface area (Å²) in [5.41, 5.74) is 0. The summed E-state index contributed by atoms with van der Waals surface area (Å²) >= 11 is 0. The first kappa shape index (κ1) is 16.8. The summed E-state index contributed by atoms with van der Waals surface area (Å²) in [4.78, 5) is 26.6. The van der Waals surface area contributed by atoms with Crippen molar-refractivity contribution in [1.82, 2.24) is 15.1 Å². The van der Waals surface area contributed by atoms with E-state index in [1.165, 1.54) is 0 Å². The van der Waals surface area contributed by atoms with E-state index in [0.717, 1.165) is 13.1 Å². The number of carbonyl (C=O) groups is 2. The zero-order valence-electron chi connectivity index (χ0n) is 12.9. The van der Waals surface area contributed by atoms with Crippen LogP contribution in [0.4, 0.5) is 4.79 Å². The van der Waals surface area contributed by atoms with E-state index in [0.29, 0.717) is 24.8 Å². The average molecular weight is 285 g/mol. The molecule has 0 saturated carbocycles. The van der Waals surface area contributed by atoms with Gasteiger partial charge in [-0.05, 0) is 39.8 Å². The Bertz CT molecular complexity index is 347. The van der Waals surface area contributed by atoms with E-state index >= 15 is 0 Å². The second-order valence-corrected chi connectivity index (χ2v) is 6.05. The normalized spacial score (nSPS) is 23.9. The van der Waals surface area contributed by atoms with E-state index in [1.54, 1.807) is 0 Å². The number of rotatable bonds is 6. The number of urea groups is 1. The molecule has 116 valence electrons. The van der Waals surface area contributed by atoms with Crippen molar-refractivity contribution >= 4 is 12.0 Å². The van der Waals surface area contributed by atoms with Gasteiger partial charge in [0.1, 0.15) is 0 Å². The van der Waals surface area contributed by atoms with Gasteiger partial charge in [0.15, 0.2) is 0 Å². The predicted molar refractivity (Wildman–Crippen MR) is 77.7 cm³/mol. The highest BCUT2D eigenvalue weighted by atomic mass is 16.4. The lowest BCUT2D eigenvalue weighted by molar-refractivity contribution is -0.137. The quantitative estimate of drug-likeness (QED) is 0.769. The van der Waals surface area contributed by atoms with Crippen LogP contribution in [0.15, 0.2) is 0 Å². The van der Waals surface area contributed by atoms with Crippen molar-refractivity contribution in [2.75, 3.05) is 27.2 Å². The van der Waals surface area contributed by atoms with Gasteiger partial charge in [-0.3, -0.25) is 4.79 Å². The Morgan fingerprint density at radius 2 is 2.05 bits per heavy atom. The van der Waals surface area contributed by atoms with E-state index in [-0.39, 0.29) is 18.5 Å². The average Bonchev–Trinajstić information content (AvgIpc) is 2.70. The Kier molecular flexibility index (Phi) is 6.26. The number of hydrogen-bond acceptors (Lipinski definition) is 3. The number of amides is 2. The van der Waals surface area contributed by atoms with Gasteiger partial charge in [-0.1, -0.05) is 6.92 Å². The zero-order valence-corrected chi connectivity index (χ0v) is 12.9. The van der Waals surface area contributed by atoms with Crippen LogP contribution in [0, 0.1) is 5.92 Å². The maximum Gasteiger partial charge on any atom is 0.317 e. The van der Waals surface area contributed by atoms with Gasteiger partial charge in [-0.2, -0.15) is 0 Å². The third-order valence-electron chi connectivity index (χ3n) is 3.92. The molecule has 1 aliphatic heterocycles. The second-order valence-electron chi connectivity index (χ2n) is 6.05. The Morgan fingerprint density at radius 3 is 2.55 bits per heavy atom. The van der Waals surface area contributed by atoms with Crippen molar-refractivity contribution in [2.45, 2.75) is 45.2 Å². The molecule has 0 aromatic carbocycles. The first-order chi connectivity index (χ1) is 9.31. The summed E-state index contributed by atoms with van der Waals surface area (Å²) in [5, 5.41) is 11.5. The van der Waals surface area contributed by atoms with Gasteiger partial charge in [0.05, 0.1) is 0 Å². The molecule has 6 nitrogen and oxygen atoms in total. The number of hydrogen-bond donors (Lipinski definition) is 2. The van der Waals surface area contributed by atoms with E-state index in [1.807, 2.05) is 25.9 Å². The van der Waals surface area contributed by atoms with Crippen molar-refractivity contribution in [3.05, 3.63) is 0 Å². The molecule has 3 unspecified atom stereocenters. The Balaban J connectivity index is 2.34. The minimum absolute atomic E-state index is 0.00978. The highest BCUT2D eigenvalue weighted by molar-refractivity contribution is 5.75. The number of carboxylic acid groups (broad SMARTS) is 1. The molecule has 1 saturated heterocycles. The number of nitrogens with zero attached hydrogens (tertiary/aromatic N) is 2. The molecule has 1 aliphatic rings. The smallest absolute Gasteiger partial charge is 0.317 e. The molecule has 2 N–H and O–H groups in total. The SMILES string of the molecule is CC(CCCC(=O)O)NC(=O)N1CC(C)C(N(C)C)C1. The number of nitrogens with one attached hydrogen (secondary N) is 1. The number of carbonyl (C=O) groups excluding carboxylic acids is 1. The summed E-state index contributed by atoms with van der Waals surface area (Å²) in [6.07, 6.45) is 1.44. The zero-order chi connectivity index (χ0) is 15.3. The molecule has 0 aliphatic carbocycles. The third-order valence-corrected chi connectivity index (χ3v) is 3.92. The molecule has 0 aromatic heterocycles. The number of likely N-dealkylation sites (tertiary alicyclic amines) is 1.